The molecule has 0 saturated carbocycles. The van der Waals surface area contributed by atoms with Gasteiger partial charge in [-0.15, -0.1) is 0 Å². The molecule has 20 heavy (non-hydrogen) atoms. The Hall–Kier alpha value is -2.00. The summed E-state index contributed by atoms with van der Waals surface area (Å²) in [6, 6.07) is 14.4. The zero-order chi connectivity index (χ0) is 14.5. The molecule has 1 atom stereocenters. The minimum absolute atomic E-state index is 0.0700. The molecule has 3 heteroatoms. The third-order valence-corrected chi connectivity index (χ3v) is 3.42. The van der Waals surface area contributed by atoms with Crippen LogP contribution in [0.25, 0.3) is 0 Å². The summed E-state index contributed by atoms with van der Waals surface area (Å²) in [6.45, 7) is 2.06. The minimum atomic E-state index is 0.0700. The monoisotopic (exact) mass is 271 g/mol. The molecule has 3 nitrogen and oxygen atoms in total. The highest BCUT2D eigenvalue weighted by atomic mass is 16.5. The van der Waals surface area contributed by atoms with E-state index in [4.69, 9.17) is 9.47 Å². The van der Waals surface area contributed by atoms with Crippen LogP contribution in [0.5, 0.6) is 11.5 Å². The van der Waals surface area contributed by atoms with E-state index < -0.39 is 0 Å². The molecule has 1 unspecified atom stereocenters. The van der Waals surface area contributed by atoms with Crippen LogP contribution >= 0.6 is 0 Å². The summed E-state index contributed by atoms with van der Waals surface area (Å²) in [5.41, 5.74) is 3.45. The van der Waals surface area contributed by atoms with Crippen LogP contribution in [0.15, 0.2) is 42.5 Å². The van der Waals surface area contributed by atoms with Crippen molar-refractivity contribution in [1.29, 1.82) is 0 Å². The first-order chi connectivity index (χ1) is 9.69. The molecule has 106 valence electrons. The third kappa shape index (κ3) is 2.94. The van der Waals surface area contributed by atoms with E-state index in [2.05, 4.69) is 36.5 Å². The first kappa shape index (κ1) is 14.4. The van der Waals surface area contributed by atoms with Gasteiger partial charge in [0, 0.05) is 5.56 Å². The lowest BCUT2D eigenvalue weighted by molar-refractivity contribution is 0.404. The van der Waals surface area contributed by atoms with Crippen molar-refractivity contribution in [1.82, 2.24) is 5.32 Å². The molecule has 0 aliphatic heterocycles. The molecule has 2 rings (SSSR count). The van der Waals surface area contributed by atoms with Crippen molar-refractivity contribution in [2.24, 2.45) is 0 Å². The Balaban J connectivity index is 2.46. The van der Waals surface area contributed by atoms with Gasteiger partial charge >= 0.3 is 0 Å². The van der Waals surface area contributed by atoms with Crippen molar-refractivity contribution in [2.75, 3.05) is 21.3 Å². The number of methoxy groups -OCH3 is 2. The highest BCUT2D eigenvalue weighted by Gasteiger charge is 2.17. The van der Waals surface area contributed by atoms with Crippen molar-refractivity contribution in [3.05, 3.63) is 59.2 Å². The first-order valence-corrected chi connectivity index (χ1v) is 6.65. The molecular formula is C17H21NO2. The fraction of sp³-hybridized carbons (Fsp3) is 0.294. The van der Waals surface area contributed by atoms with Gasteiger partial charge in [0.15, 0.2) is 0 Å². The van der Waals surface area contributed by atoms with Gasteiger partial charge in [-0.25, -0.2) is 0 Å². The third-order valence-electron chi connectivity index (χ3n) is 3.42. The van der Waals surface area contributed by atoms with Crippen LogP contribution in [0, 0.1) is 6.92 Å². The number of hydrogen-bond acceptors (Lipinski definition) is 3. The molecule has 2 aromatic carbocycles. The Labute approximate surface area is 120 Å². The van der Waals surface area contributed by atoms with Crippen LogP contribution in [0.4, 0.5) is 0 Å². The highest BCUT2D eigenvalue weighted by molar-refractivity contribution is 5.45. The standard InChI is InChI=1S/C17H21NO2/c1-12-8-9-15(16(10-12)20-4)17(18-2)13-6-5-7-14(11-13)19-3/h5-11,17-18H,1-4H3. The lowest BCUT2D eigenvalue weighted by Crippen LogP contribution is -2.18. The van der Waals surface area contributed by atoms with E-state index in [0.717, 1.165) is 22.6 Å². The van der Waals surface area contributed by atoms with Gasteiger partial charge < -0.3 is 14.8 Å². The van der Waals surface area contributed by atoms with Crippen molar-refractivity contribution in [2.45, 2.75) is 13.0 Å². The Bertz CT molecular complexity index is 581. The van der Waals surface area contributed by atoms with Crippen molar-refractivity contribution >= 4 is 0 Å². The highest BCUT2D eigenvalue weighted by Crippen LogP contribution is 2.31. The van der Waals surface area contributed by atoms with Gasteiger partial charge in [0.1, 0.15) is 11.5 Å². The van der Waals surface area contributed by atoms with Gasteiger partial charge in [0.25, 0.3) is 0 Å². The Morgan fingerprint density at radius 2 is 1.80 bits per heavy atom. The summed E-state index contributed by atoms with van der Waals surface area (Å²) in [4.78, 5) is 0. The van der Waals surface area contributed by atoms with E-state index >= 15 is 0 Å². The first-order valence-electron chi connectivity index (χ1n) is 6.65. The molecular weight excluding hydrogens is 250 g/mol. The lowest BCUT2D eigenvalue weighted by Gasteiger charge is -2.20. The van der Waals surface area contributed by atoms with E-state index in [9.17, 15) is 0 Å². The number of nitrogens with one attached hydrogen (secondary N) is 1. The van der Waals surface area contributed by atoms with Gasteiger partial charge in [-0.05, 0) is 43.3 Å². The Kier molecular flexibility index (Phi) is 4.64. The van der Waals surface area contributed by atoms with Crippen molar-refractivity contribution in [3.8, 4) is 11.5 Å². The smallest absolute Gasteiger partial charge is 0.124 e. The van der Waals surface area contributed by atoms with Crippen molar-refractivity contribution in [3.63, 3.8) is 0 Å². The second-order valence-corrected chi connectivity index (χ2v) is 4.74. The van der Waals surface area contributed by atoms with Gasteiger partial charge in [-0.1, -0.05) is 24.3 Å². The molecule has 0 heterocycles. The maximum Gasteiger partial charge on any atom is 0.124 e. The van der Waals surface area contributed by atoms with Crippen LogP contribution < -0.4 is 14.8 Å². The van der Waals surface area contributed by atoms with E-state index in [1.54, 1.807) is 14.2 Å². The SMILES string of the molecule is CNC(c1cccc(OC)c1)c1ccc(C)cc1OC. The average Bonchev–Trinajstić information content (AvgIpc) is 2.49. The lowest BCUT2D eigenvalue weighted by atomic mass is 9.97. The van der Waals surface area contributed by atoms with Crippen LogP contribution in [0.2, 0.25) is 0 Å². The topological polar surface area (TPSA) is 30.5 Å². The molecule has 0 spiro atoms. The molecule has 0 amide bonds. The van der Waals surface area contributed by atoms with Crippen LogP contribution in [0.1, 0.15) is 22.7 Å². The van der Waals surface area contributed by atoms with Crippen LogP contribution in [0.3, 0.4) is 0 Å². The quantitative estimate of drug-likeness (QED) is 0.905. The molecule has 0 aliphatic rings. The molecule has 0 fully saturated rings. The maximum atomic E-state index is 5.52. The van der Waals surface area contributed by atoms with Gasteiger partial charge in [0.05, 0.1) is 20.3 Å². The summed E-state index contributed by atoms with van der Waals surface area (Å²) < 4.78 is 10.8. The summed E-state index contributed by atoms with van der Waals surface area (Å²) in [6.07, 6.45) is 0. The minimum Gasteiger partial charge on any atom is -0.497 e. The second-order valence-electron chi connectivity index (χ2n) is 4.74. The number of hydrogen-bond donors (Lipinski definition) is 1. The van der Waals surface area contributed by atoms with Gasteiger partial charge in [-0.3, -0.25) is 0 Å². The molecule has 0 aromatic heterocycles. The van der Waals surface area contributed by atoms with Gasteiger partial charge in [-0.2, -0.15) is 0 Å². The largest absolute Gasteiger partial charge is 0.497 e. The number of rotatable bonds is 5. The Morgan fingerprint density at radius 3 is 2.45 bits per heavy atom. The summed E-state index contributed by atoms with van der Waals surface area (Å²) >= 11 is 0. The fourth-order valence-corrected chi connectivity index (χ4v) is 2.38. The van der Waals surface area contributed by atoms with E-state index in [0.29, 0.717) is 0 Å². The van der Waals surface area contributed by atoms with E-state index in [-0.39, 0.29) is 6.04 Å². The molecule has 1 N–H and O–H groups in total. The zero-order valence-corrected chi connectivity index (χ0v) is 12.4. The number of benzene rings is 2. The summed E-state index contributed by atoms with van der Waals surface area (Å²) in [5.74, 6) is 1.75. The van der Waals surface area contributed by atoms with Gasteiger partial charge in [0.2, 0.25) is 0 Å². The zero-order valence-electron chi connectivity index (χ0n) is 12.4. The van der Waals surface area contributed by atoms with E-state index in [1.165, 1.54) is 5.56 Å². The second kappa shape index (κ2) is 6.44. The normalized spacial score (nSPS) is 12.0. The molecule has 0 saturated heterocycles. The molecule has 0 aliphatic carbocycles. The number of aryl methyl sites for hydroxylation is 1. The molecule has 2 aromatic rings. The van der Waals surface area contributed by atoms with E-state index in [1.807, 2.05) is 25.2 Å². The summed E-state index contributed by atoms with van der Waals surface area (Å²) in [7, 11) is 5.33. The Morgan fingerprint density at radius 1 is 1.00 bits per heavy atom. The molecule has 0 bridgehead atoms. The predicted molar refractivity (Wildman–Crippen MR) is 81.6 cm³/mol. The predicted octanol–water partition coefficient (Wildman–Crippen LogP) is 3.32. The average molecular weight is 271 g/mol. The van der Waals surface area contributed by atoms with Crippen LogP contribution in [-0.2, 0) is 0 Å². The van der Waals surface area contributed by atoms with Crippen LogP contribution in [-0.4, -0.2) is 21.3 Å². The van der Waals surface area contributed by atoms with Crippen molar-refractivity contribution < 1.29 is 9.47 Å². The number of ether oxygens (including phenoxy) is 2. The fourth-order valence-electron chi connectivity index (χ4n) is 2.38. The summed E-state index contributed by atoms with van der Waals surface area (Å²) in [5, 5.41) is 3.34. The molecule has 0 radical (unpaired) electrons. The maximum absolute atomic E-state index is 5.52.